The lowest BCUT2D eigenvalue weighted by Crippen LogP contribution is -2.39. The van der Waals surface area contributed by atoms with E-state index in [-0.39, 0.29) is 41.6 Å². The van der Waals surface area contributed by atoms with Crippen LogP contribution in [0.2, 0.25) is 0 Å². The monoisotopic (exact) mass is 423 g/mol. The Hall–Kier alpha value is -3.75. The number of ether oxygens (including phenoxy) is 1. The van der Waals surface area contributed by atoms with Crippen LogP contribution in [0.3, 0.4) is 0 Å². The number of hydrogen-bond donors (Lipinski definition) is 0. The quantitative estimate of drug-likeness (QED) is 0.314. The first-order valence-corrected chi connectivity index (χ1v) is 10.1. The van der Waals surface area contributed by atoms with E-state index < -0.39 is 22.7 Å². The standard InChI is InChI=1S/C22H21N3O6/c1-2-31-22(28)14-7-6-10-23(13-14)18-11-16-17(12-19(18)25(29)30)21(27)24(20(16)26)15-8-4-3-5-9-15/h3-5,8-9,11-12,14H,2,6-7,10,13H2,1H3/t14-/m0/s1. The summed E-state index contributed by atoms with van der Waals surface area (Å²) in [4.78, 5) is 52.1. The Labute approximate surface area is 178 Å². The largest absolute Gasteiger partial charge is 0.466 e. The van der Waals surface area contributed by atoms with Crippen LogP contribution >= 0.6 is 0 Å². The maximum Gasteiger partial charge on any atom is 0.310 e. The molecule has 0 radical (unpaired) electrons. The lowest BCUT2D eigenvalue weighted by atomic mass is 9.96. The van der Waals surface area contributed by atoms with Crippen LogP contribution in [0.5, 0.6) is 0 Å². The van der Waals surface area contributed by atoms with Gasteiger partial charge in [0.2, 0.25) is 0 Å². The Morgan fingerprint density at radius 3 is 2.48 bits per heavy atom. The molecule has 1 saturated heterocycles. The zero-order chi connectivity index (χ0) is 22.1. The molecule has 0 spiro atoms. The van der Waals surface area contributed by atoms with Crippen LogP contribution in [-0.2, 0) is 9.53 Å². The fraction of sp³-hybridized carbons (Fsp3) is 0.318. The molecule has 0 aromatic heterocycles. The van der Waals surface area contributed by atoms with Gasteiger partial charge in [-0.1, -0.05) is 18.2 Å². The van der Waals surface area contributed by atoms with Gasteiger partial charge in [-0.05, 0) is 38.0 Å². The molecular weight excluding hydrogens is 402 g/mol. The van der Waals surface area contributed by atoms with E-state index in [1.165, 1.54) is 12.1 Å². The number of piperidine rings is 1. The van der Waals surface area contributed by atoms with Gasteiger partial charge in [0, 0.05) is 19.2 Å². The number of rotatable bonds is 5. The predicted molar refractivity (Wildman–Crippen MR) is 112 cm³/mol. The number of hydrogen-bond acceptors (Lipinski definition) is 7. The number of carbonyl (C=O) groups excluding carboxylic acids is 3. The number of fused-ring (bicyclic) bond motifs is 1. The highest BCUT2D eigenvalue weighted by molar-refractivity contribution is 6.35. The third-order valence-corrected chi connectivity index (χ3v) is 5.57. The second kappa shape index (κ2) is 8.17. The van der Waals surface area contributed by atoms with Gasteiger partial charge in [-0.25, -0.2) is 4.90 Å². The van der Waals surface area contributed by atoms with Gasteiger partial charge < -0.3 is 9.64 Å². The Morgan fingerprint density at radius 2 is 1.84 bits per heavy atom. The van der Waals surface area contributed by atoms with Crippen molar-refractivity contribution in [2.75, 3.05) is 29.5 Å². The van der Waals surface area contributed by atoms with Gasteiger partial charge in [0.05, 0.1) is 34.3 Å². The number of nitro benzene ring substituents is 1. The molecule has 0 unspecified atom stereocenters. The summed E-state index contributed by atoms with van der Waals surface area (Å²) in [7, 11) is 0. The van der Waals surface area contributed by atoms with Crippen LogP contribution in [0.4, 0.5) is 17.1 Å². The summed E-state index contributed by atoms with van der Waals surface area (Å²) in [6.45, 7) is 2.74. The molecular formula is C22H21N3O6. The highest BCUT2D eigenvalue weighted by atomic mass is 16.6. The first-order chi connectivity index (χ1) is 14.9. The van der Waals surface area contributed by atoms with Crippen LogP contribution in [0.15, 0.2) is 42.5 Å². The summed E-state index contributed by atoms with van der Waals surface area (Å²) in [5.41, 5.74) is 0.488. The highest BCUT2D eigenvalue weighted by Crippen LogP contribution is 2.38. The van der Waals surface area contributed by atoms with E-state index in [9.17, 15) is 24.5 Å². The maximum absolute atomic E-state index is 13.0. The van der Waals surface area contributed by atoms with Gasteiger partial charge in [0.15, 0.2) is 0 Å². The molecule has 9 heteroatoms. The van der Waals surface area contributed by atoms with Crippen molar-refractivity contribution in [3.8, 4) is 0 Å². The molecule has 2 aromatic rings. The zero-order valence-corrected chi connectivity index (χ0v) is 16.9. The van der Waals surface area contributed by atoms with Gasteiger partial charge in [0.1, 0.15) is 5.69 Å². The van der Waals surface area contributed by atoms with Crippen LogP contribution < -0.4 is 9.80 Å². The van der Waals surface area contributed by atoms with Crippen LogP contribution in [0, 0.1) is 16.0 Å². The fourth-order valence-electron chi connectivity index (χ4n) is 4.12. The van der Waals surface area contributed by atoms with Crippen molar-refractivity contribution in [1.29, 1.82) is 0 Å². The molecule has 2 aliphatic rings. The molecule has 2 heterocycles. The van der Waals surface area contributed by atoms with E-state index in [4.69, 9.17) is 4.74 Å². The van der Waals surface area contributed by atoms with E-state index in [1.807, 2.05) is 0 Å². The van der Waals surface area contributed by atoms with Crippen LogP contribution in [-0.4, -0.2) is 42.4 Å². The third-order valence-electron chi connectivity index (χ3n) is 5.57. The highest BCUT2D eigenvalue weighted by Gasteiger charge is 2.40. The smallest absolute Gasteiger partial charge is 0.310 e. The molecule has 1 atom stereocenters. The molecule has 4 rings (SSSR count). The lowest BCUT2D eigenvalue weighted by Gasteiger charge is -2.33. The Morgan fingerprint density at radius 1 is 1.16 bits per heavy atom. The first kappa shape index (κ1) is 20.5. The van der Waals surface area contributed by atoms with Gasteiger partial charge in [-0.3, -0.25) is 24.5 Å². The molecule has 0 N–H and O–H groups in total. The van der Waals surface area contributed by atoms with E-state index >= 15 is 0 Å². The summed E-state index contributed by atoms with van der Waals surface area (Å²) in [6, 6.07) is 11.0. The number of carbonyl (C=O) groups is 3. The van der Waals surface area contributed by atoms with Gasteiger partial charge in [-0.2, -0.15) is 0 Å². The molecule has 160 valence electrons. The third kappa shape index (κ3) is 3.63. The summed E-state index contributed by atoms with van der Waals surface area (Å²) in [6.07, 6.45) is 1.29. The second-order valence-electron chi connectivity index (χ2n) is 7.46. The SMILES string of the molecule is CCOC(=O)[C@H]1CCCN(c2cc3c(cc2[N+](=O)[O-])C(=O)N(c2ccccc2)C3=O)C1. The zero-order valence-electron chi connectivity index (χ0n) is 16.9. The molecule has 2 amide bonds. The average molecular weight is 423 g/mol. The summed E-state index contributed by atoms with van der Waals surface area (Å²) >= 11 is 0. The molecule has 0 saturated carbocycles. The number of para-hydroxylation sites is 1. The van der Waals surface area contributed by atoms with Crippen LogP contribution in [0.25, 0.3) is 0 Å². The Bertz CT molecular complexity index is 1070. The summed E-state index contributed by atoms with van der Waals surface area (Å²) in [5.74, 6) is -1.86. The minimum absolute atomic E-state index is 0.00301. The minimum Gasteiger partial charge on any atom is -0.466 e. The van der Waals surface area contributed by atoms with Crippen molar-refractivity contribution in [3.05, 3.63) is 63.7 Å². The summed E-state index contributed by atoms with van der Waals surface area (Å²) in [5, 5.41) is 11.8. The van der Waals surface area contributed by atoms with Crippen molar-refractivity contribution in [3.63, 3.8) is 0 Å². The van der Waals surface area contributed by atoms with Gasteiger partial charge in [0.25, 0.3) is 17.5 Å². The van der Waals surface area contributed by atoms with Crippen molar-refractivity contribution in [2.45, 2.75) is 19.8 Å². The molecule has 9 nitrogen and oxygen atoms in total. The lowest BCUT2D eigenvalue weighted by molar-refractivity contribution is -0.384. The number of amides is 2. The van der Waals surface area contributed by atoms with Crippen molar-refractivity contribution in [1.82, 2.24) is 0 Å². The number of nitro groups is 1. The van der Waals surface area contributed by atoms with Crippen molar-refractivity contribution < 1.29 is 24.0 Å². The minimum atomic E-state index is -0.594. The first-order valence-electron chi connectivity index (χ1n) is 10.1. The molecule has 0 aliphatic carbocycles. The number of nitrogens with zero attached hydrogens (tertiary/aromatic N) is 3. The second-order valence-corrected chi connectivity index (χ2v) is 7.46. The van der Waals surface area contributed by atoms with Crippen molar-refractivity contribution in [2.24, 2.45) is 5.92 Å². The fourth-order valence-corrected chi connectivity index (χ4v) is 4.12. The number of anilines is 2. The Kier molecular flexibility index (Phi) is 5.41. The molecule has 1 fully saturated rings. The van der Waals surface area contributed by atoms with E-state index in [0.29, 0.717) is 25.1 Å². The maximum atomic E-state index is 13.0. The number of benzene rings is 2. The van der Waals surface area contributed by atoms with E-state index in [0.717, 1.165) is 4.90 Å². The number of imide groups is 1. The van der Waals surface area contributed by atoms with Crippen LogP contribution in [0.1, 0.15) is 40.5 Å². The van der Waals surface area contributed by atoms with E-state index in [2.05, 4.69) is 0 Å². The topological polar surface area (TPSA) is 110 Å². The van der Waals surface area contributed by atoms with Gasteiger partial charge >= 0.3 is 5.97 Å². The van der Waals surface area contributed by atoms with E-state index in [1.54, 1.807) is 42.2 Å². The summed E-state index contributed by atoms with van der Waals surface area (Å²) < 4.78 is 5.11. The molecule has 31 heavy (non-hydrogen) atoms. The molecule has 2 aliphatic heterocycles. The van der Waals surface area contributed by atoms with Gasteiger partial charge in [-0.15, -0.1) is 0 Å². The average Bonchev–Trinajstić information content (AvgIpc) is 3.03. The molecule has 0 bridgehead atoms. The molecule has 2 aromatic carbocycles. The van der Waals surface area contributed by atoms with Crippen molar-refractivity contribution >= 4 is 34.8 Å². The number of esters is 1. The predicted octanol–water partition coefficient (Wildman–Crippen LogP) is 3.17. The Balaban J connectivity index is 1.73. The normalized spacial score (nSPS) is 18.2.